The van der Waals surface area contributed by atoms with Crippen LogP contribution in [-0.4, -0.2) is 41.6 Å². The van der Waals surface area contributed by atoms with Crippen LogP contribution in [0, 0.1) is 0 Å². The third-order valence-corrected chi connectivity index (χ3v) is 5.00. The summed E-state index contributed by atoms with van der Waals surface area (Å²) in [7, 11) is 0. The number of hydrogen-bond donors (Lipinski definition) is 1. The number of fused-ring (bicyclic) bond motifs is 2. The van der Waals surface area contributed by atoms with Crippen LogP contribution in [0.3, 0.4) is 0 Å². The first kappa shape index (κ1) is 18.7. The molecule has 26 heavy (non-hydrogen) atoms. The van der Waals surface area contributed by atoms with Crippen molar-refractivity contribution < 1.29 is 19.1 Å². The van der Waals surface area contributed by atoms with Crippen LogP contribution in [0.4, 0.5) is 4.79 Å². The van der Waals surface area contributed by atoms with Crippen LogP contribution in [0.1, 0.15) is 51.7 Å². The molecule has 2 aliphatic heterocycles. The number of piperidine rings is 1. The van der Waals surface area contributed by atoms with Gasteiger partial charge in [0.05, 0.1) is 12.2 Å². The molecule has 1 aromatic carbocycles. The zero-order valence-corrected chi connectivity index (χ0v) is 16.0. The zero-order valence-electron chi connectivity index (χ0n) is 16.0. The van der Waals surface area contributed by atoms with E-state index in [0.717, 1.165) is 12.8 Å². The number of likely N-dealkylation sites (tertiary alicyclic amines) is 1. The molecule has 142 valence electrons. The number of amides is 2. The van der Waals surface area contributed by atoms with Crippen molar-refractivity contribution in [3.8, 4) is 0 Å². The van der Waals surface area contributed by atoms with Crippen LogP contribution < -0.4 is 5.32 Å². The largest absolute Gasteiger partial charge is 0.444 e. The Bertz CT molecular complexity index is 687. The summed E-state index contributed by atoms with van der Waals surface area (Å²) in [6.45, 7) is 8.95. The number of rotatable bonds is 2. The number of ether oxygens (including phenoxy) is 2. The van der Waals surface area contributed by atoms with Crippen molar-refractivity contribution in [1.82, 2.24) is 10.2 Å². The van der Waals surface area contributed by atoms with Crippen LogP contribution in [0.5, 0.6) is 0 Å². The molecule has 0 radical (unpaired) electrons. The van der Waals surface area contributed by atoms with Crippen LogP contribution in [0.15, 0.2) is 24.3 Å². The highest BCUT2D eigenvalue weighted by Crippen LogP contribution is 2.43. The van der Waals surface area contributed by atoms with E-state index >= 15 is 0 Å². The highest BCUT2D eigenvalue weighted by atomic mass is 16.6. The molecule has 1 saturated heterocycles. The molecule has 3 rings (SSSR count). The summed E-state index contributed by atoms with van der Waals surface area (Å²) in [6, 6.07) is 7.69. The molecule has 2 aliphatic rings. The molecule has 0 aromatic heterocycles. The van der Waals surface area contributed by atoms with Crippen molar-refractivity contribution in [1.29, 1.82) is 0 Å². The van der Waals surface area contributed by atoms with E-state index in [2.05, 4.69) is 17.4 Å². The fraction of sp³-hybridized carbons (Fsp3) is 0.600. The van der Waals surface area contributed by atoms with Gasteiger partial charge >= 0.3 is 6.09 Å². The minimum absolute atomic E-state index is 0.0861. The van der Waals surface area contributed by atoms with Crippen molar-refractivity contribution >= 4 is 12.0 Å². The van der Waals surface area contributed by atoms with Crippen LogP contribution in [0.25, 0.3) is 0 Å². The standard InChI is InChI=1S/C20H28N2O4/c1-14(21-18(24)26-19(2,3)4)17(23)22-11-9-20(10-12-22)16-8-6-5-7-15(16)13-25-20/h5-8,14H,9-13H2,1-4H3,(H,21,24)/t14-/m1/s1. The van der Waals surface area contributed by atoms with Crippen molar-refractivity contribution in [2.75, 3.05) is 13.1 Å². The van der Waals surface area contributed by atoms with Crippen molar-refractivity contribution in [2.45, 2.75) is 64.4 Å². The average Bonchev–Trinajstić information content (AvgIpc) is 2.92. The van der Waals surface area contributed by atoms with Crippen LogP contribution in [0.2, 0.25) is 0 Å². The molecule has 6 nitrogen and oxygen atoms in total. The lowest BCUT2D eigenvalue weighted by Crippen LogP contribution is -2.52. The van der Waals surface area contributed by atoms with E-state index < -0.39 is 17.7 Å². The number of nitrogens with zero attached hydrogens (tertiary/aromatic N) is 1. The second kappa shape index (κ2) is 6.91. The molecule has 1 N–H and O–H groups in total. The highest BCUT2D eigenvalue weighted by molar-refractivity contribution is 5.85. The maximum atomic E-state index is 12.7. The Morgan fingerprint density at radius 3 is 2.54 bits per heavy atom. The van der Waals surface area contributed by atoms with Crippen molar-refractivity contribution in [3.05, 3.63) is 35.4 Å². The predicted octanol–water partition coefficient (Wildman–Crippen LogP) is 2.95. The Hall–Kier alpha value is -2.08. The molecule has 2 heterocycles. The maximum absolute atomic E-state index is 12.7. The van der Waals surface area contributed by atoms with Gasteiger partial charge in [0.2, 0.25) is 5.91 Å². The predicted molar refractivity (Wildman–Crippen MR) is 97.6 cm³/mol. The first-order chi connectivity index (χ1) is 12.2. The van der Waals surface area contributed by atoms with Crippen LogP contribution >= 0.6 is 0 Å². The molecule has 1 aromatic rings. The lowest BCUT2D eigenvalue weighted by molar-refractivity contribution is -0.140. The third kappa shape index (κ3) is 3.85. The van der Waals surface area contributed by atoms with Crippen LogP contribution in [-0.2, 0) is 26.5 Å². The molecule has 1 atom stereocenters. The fourth-order valence-electron chi connectivity index (χ4n) is 3.71. The normalized spacial score (nSPS) is 19.8. The minimum atomic E-state index is -0.615. The second-order valence-electron chi connectivity index (χ2n) is 8.13. The first-order valence-electron chi connectivity index (χ1n) is 9.21. The number of hydrogen-bond acceptors (Lipinski definition) is 4. The lowest BCUT2D eigenvalue weighted by Gasteiger charge is -2.40. The zero-order chi connectivity index (χ0) is 18.9. The van der Waals surface area contributed by atoms with Gasteiger partial charge < -0.3 is 19.7 Å². The fourth-order valence-corrected chi connectivity index (χ4v) is 3.71. The van der Waals surface area contributed by atoms with Crippen molar-refractivity contribution in [2.24, 2.45) is 0 Å². The van der Waals surface area contributed by atoms with Gasteiger partial charge in [-0.25, -0.2) is 4.79 Å². The van der Waals surface area contributed by atoms with Gasteiger partial charge in [0.1, 0.15) is 11.6 Å². The Morgan fingerprint density at radius 2 is 1.88 bits per heavy atom. The average molecular weight is 360 g/mol. The molecule has 0 unspecified atom stereocenters. The molecule has 1 spiro atoms. The Balaban J connectivity index is 1.57. The number of carbonyl (C=O) groups is 2. The highest BCUT2D eigenvalue weighted by Gasteiger charge is 2.43. The molecule has 2 amide bonds. The van der Waals surface area contributed by atoms with Gasteiger partial charge in [0.25, 0.3) is 0 Å². The van der Waals surface area contributed by atoms with E-state index in [1.54, 1.807) is 32.6 Å². The molecule has 6 heteroatoms. The van der Waals surface area contributed by atoms with Gasteiger partial charge in [0, 0.05) is 13.1 Å². The van der Waals surface area contributed by atoms with E-state index in [1.807, 2.05) is 12.1 Å². The Kier molecular flexibility index (Phi) is 4.97. The third-order valence-electron chi connectivity index (χ3n) is 5.00. The minimum Gasteiger partial charge on any atom is -0.444 e. The summed E-state index contributed by atoms with van der Waals surface area (Å²) in [5.74, 6) is -0.0861. The Morgan fingerprint density at radius 1 is 1.23 bits per heavy atom. The summed E-state index contributed by atoms with van der Waals surface area (Å²) < 4.78 is 11.4. The van der Waals surface area contributed by atoms with E-state index in [1.165, 1.54) is 11.1 Å². The van der Waals surface area contributed by atoms with Crippen molar-refractivity contribution in [3.63, 3.8) is 0 Å². The monoisotopic (exact) mass is 360 g/mol. The summed E-state index contributed by atoms with van der Waals surface area (Å²) in [4.78, 5) is 26.3. The van der Waals surface area contributed by atoms with Gasteiger partial charge in [-0.05, 0) is 51.7 Å². The molecule has 0 saturated carbocycles. The smallest absolute Gasteiger partial charge is 0.408 e. The quantitative estimate of drug-likeness (QED) is 0.880. The summed E-state index contributed by atoms with van der Waals surface area (Å²) in [6.07, 6.45) is 0.976. The van der Waals surface area contributed by atoms with E-state index in [0.29, 0.717) is 19.7 Å². The summed E-state index contributed by atoms with van der Waals surface area (Å²) in [5, 5.41) is 2.63. The van der Waals surface area contributed by atoms with Gasteiger partial charge in [-0.2, -0.15) is 0 Å². The van der Waals surface area contributed by atoms with Gasteiger partial charge in [-0.15, -0.1) is 0 Å². The SMILES string of the molecule is C[C@@H](NC(=O)OC(C)(C)C)C(=O)N1CCC2(CC1)OCc1ccccc12. The number of nitrogens with one attached hydrogen (secondary N) is 1. The molecule has 0 aliphatic carbocycles. The molecule has 1 fully saturated rings. The molecular formula is C20H28N2O4. The summed E-state index contributed by atoms with van der Waals surface area (Å²) in [5.41, 5.74) is 1.64. The number of benzene rings is 1. The van der Waals surface area contributed by atoms with Gasteiger partial charge in [-0.3, -0.25) is 4.79 Å². The first-order valence-corrected chi connectivity index (χ1v) is 9.21. The number of carbonyl (C=O) groups excluding carboxylic acids is 2. The Labute approximate surface area is 154 Å². The van der Waals surface area contributed by atoms with Gasteiger partial charge in [-0.1, -0.05) is 24.3 Å². The van der Waals surface area contributed by atoms with E-state index in [4.69, 9.17) is 9.47 Å². The van der Waals surface area contributed by atoms with E-state index in [9.17, 15) is 9.59 Å². The maximum Gasteiger partial charge on any atom is 0.408 e. The molecular weight excluding hydrogens is 332 g/mol. The number of alkyl carbamates (subject to hydrolysis) is 1. The van der Waals surface area contributed by atoms with E-state index in [-0.39, 0.29) is 11.5 Å². The second-order valence-corrected chi connectivity index (χ2v) is 8.13. The lowest BCUT2D eigenvalue weighted by atomic mass is 9.83. The van der Waals surface area contributed by atoms with Gasteiger partial charge in [0.15, 0.2) is 0 Å². The summed E-state index contributed by atoms with van der Waals surface area (Å²) >= 11 is 0. The topological polar surface area (TPSA) is 67.9 Å². The molecule has 0 bridgehead atoms.